The Balaban J connectivity index is 3.51. The first kappa shape index (κ1) is 29.2. The lowest BCUT2D eigenvalue weighted by Crippen LogP contribution is -2.07. The molecular formula is C27H42O3S. The summed E-state index contributed by atoms with van der Waals surface area (Å²) in [6.07, 6.45) is 31.0. The van der Waals surface area contributed by atoms with E-state index in [1.165, 1.54) is 0 Å². The molecule has 0 bridgehead atoms. The maximum atomic E-state index is 11.9. The van der Waals surface area contributed by atoms with E-state index in [1.54, 1.807) is 18.7 Å². The highest BCUT2D eigenvalue weighted by molar-refractivity contribution is 7.99. The van der Waals surface area contributed by atoms with E-state index in [-0.39, 0.29) is 5.97 Å². The summed E-state index contributed by atoms with van der Waals surface area (Å²) in [5.41, 5.74) is 0. The van der Waals surface area contributed by atoms with Crippen LogP contribution in [0.15, 0.2) is 60.8 Å². The molecule has 0 aliphatic carbocycles. The van der Waals surface area contributed by atoms with E-state index in [1.807, 2.05) is 0 Å². The molecule has 0 aliphatic rings. The van der Waals surface area contributed by atoms with Gasteiger partial charge in [0, 0.05) is 12.8 Å². The third-order valence-corrected chi connectivity index (χ3v) is 5.27. The van der Waals surface area contributed by atoms with Crippen LogP contribution in [-0.2, 0) is 14.3 Å². The van der Waals surface area contributed by atoms with Crippen molar-refractivity contribution in [3.8, 4) is 0 Å². The van der Waals surface area contributed by atoms with E-state index in [2.05, 4.69) is 67.7 Å². The Morgan fingerprint density at radius 2 is 1.23 bits per heavy atom. The molecule has 0 aromatic carbocycles. The number of Topliss-reactive ketones (excluding diaryl/α,β-unsaturated/α-hetero) is 1. The van der Waals surface area contributed by atoms with Crippen LogP contribution in [0, 0.1) is 0 Å². The summed E-state index contributed by atoms with van der Waals surface area (Å²) in [6.45, 7) is 4.38. The number of hydrogen-bond acceptors (Lipinski definition) is 4. The van der Waals surface area contributed by atoms with Crippen molar-refractivity contribution in [3.05, 3.63) is 60.8 Å². The van der Waals surface area contributed by atoms with Crippen molar-refractivity contribution in [2.24, 2.45) is 0 Å². The zero-order valence-electron chi connectivity index (χ0n) is 19.6. The lowest BCUT2D eigenvalue weighted by atomic mass is 10.1. The van der Waals surface area contributed by atoms with Crippen LogP contribution in [0.3, 0.4) is 0 Å². The molecule has 0 spiro atoms. The summed E-state index contributed by atoms with van der Waals surface area (Å²) in [5, 5.41) is 0. The molecule has 3 nitrogen and oxygen atoms in total. The lowest BCUT2D eigenvalue weighted by Gasteiger charge is -2.02. The van der Waals surface area contributed by atoms with Gasteiger partial charge in [-0.25, -0.2) is 0 Å². The minimum Gasteiger partial charge on any atom is -0.465 e. The van der Waals surface area contributed by atoms with E-state index in [9.17, 15) is 9.59 Å². The van der Waals surface area contributed by atoms with Gasteiger partial charge in [0.25, 0.3) is 0 Å². The third kappa shape index (κ3) is 24.3. The topological polar surface area (TPSA) is 43.4 Å². The Labute approximate surface area is 194 Å². The van der Waals surface area contributed by atoms with Gasteiger partial charge in [-0.1, -0.05) is 67.7 Å². The molecule has 0 amide bonds. The molecule has 0 unspecified atom stereocenters. The molecule has 0 saturated heterocycles. The fourth-order valence-corrected chi connectivity index (χ4v) is 3.38. The van der Waals surface area contributed by atoms with Gasteiger partial charge in [0.1, 0.15) is 5.78 Å². The molecule has 0 heterocycles. The Kier molecular flexibility index (Phi) is 23.0. The standard InChI is InChI=1S/C27H42O3S/c1-3-5-6-7-8-9-10-11-12-13-14-15-16-17-18-19-20-22-26(28)23-21-24-31-25-27(29)30-4-2/h5-6,8-9,11-12,14-15,17-18H,3-4,7,10,13,16,19-25H2,1-2H3/b6-5-,9-8-,12-11-,15-14-,18-17-. The summed E-state index contributed by atoms with van der Waals surface area (Å²) < 4.78 is 4.87. The average Bonchev–Trinajstić information content (AvgIpc) is 2.76. The molecule has 0 aromatic rings. The Hall–Kier alpha value is -1.81. The zero-order valence-corrected chi connectivity index (χ0v) is 20.4. The van der Waals surface area contributed by atoms with Crippen molar-refractivity contribution in [2.45, 2.75) is 78.1 Å². The molecule has 0 rings (SSSR count). The van der Waals surface area contributed by atoms with Crippen LogP contribution in [0.1, 0.15) is 78.1 Å². The van der Waals surface area contributed by atoms with Gasteiger partial charge < -0.3 is 4.74 Å². The fourth-order valence-electron chi connectivity index (χ4n) is 2.64. The van der Waals surface area contributed by atoms with Gasteiger partial charge in [-0.3, -0.25) is 9.59 Å². The molecule has 0 aromatic heterocycles. The number of esters is 1. The van der Waals surface area contributed by atoms with Gasteiger partial charge in [0.2, 0.25) is 0 Å². The van der Waals surface area contributed by atoms with Crippen LogP contribution < -0.4 is 0 Å². The third-order valence-electron chi connectivity index (χ3n) is 4.25. The summed E-state index contributed by atoms with van der Waals surface area (Å²) in [7, 11) is 0. The lowest BCUT2D eigenvalue weighted by molar-refractivity contribution is -0.139. The smallest absolute Gasteiger partial charge is 0.315 e. The first-order valence-electron chi connectivity index (χ1n) is 11.7. The van der Waals surface area contributed by atoms with Crippen LogP contribution in [0.2, 0.25) is 0 Å². The number of unbranched alkanes of at least 4 members (excludes halogenated alkanes) is 1. The second-order valence-electron chi connectivity index (χ2n) is 7.10. The van der Waals surface area contributed by atoms with Gasteiger partial charge >= 0.3 is 5.97 Å². The van der Waals surface area contributed by atoms with Crippen molar-refractivity contribution >= 4 is 23.5 Å². The Morgan fingerprint density at radius 3 is 1.77 bits per heavy atom. The maximum Gasteiger partial charge on any atom is 0.315 e. The van der Waals surface area contributed by atoms with Crippen LogP contribution in [0.5, 0.6) is 0 Å². The molecule has 0 N–H and O–H groups in total. The fraction of sp³-hybridized carbons (Fsp3) is 0.556. The average molecular weight is 447 g/mol. The van der Waals surface area contributed by atoms with Crippen molar-refractivity contribution in [1.29, 1.82) is 0 Å². The monoisotopic (exact) mass is 446 g/mol. The summed E-state index contributed by atoms with van der Waals surface area (Å²) >= 11 is 1.54. The van der Waals surface area contributed by atoms with Gasteiger partial charge in [-0.05, 0) is 64.0 Å². The first-order valence-corrected chi connectivity index (χ1v) is 12.9. The Morgan fingerprint density at radius 1 is 0.710 bits per heavy atom. The van der Waals surface area contributed by atoms with Gasteiger partial charge in [-0.15, -0.1) is 0 Å². The van der Waals surface area contributed by atoms with Crippen molar-refractivity contribution in [1.82, 2.24) is 0 Å². The molecule has 0 radical (unpaired) electrons. The number of rotatable bonds is 20. The minimum atomic E-state index is -0.170. The SMILES string of the molecule is CC/C=C\C/C=C\C/C=C\C/C=C\C/C=C\CCCC(=O)CCCSCC(=O)OCC. The molecular weight excluding hydrogens is 404 g/mol. The Bertz CT molecular complexity index is 585. The molecule has 0 saturated carbocycles. The number of ether oxygens (including phenoxy) is 1. The highest BCUT2D eigenvalue weighted by atomic mass is 32.2. The second-order valence-corrected chi connectivity index (χ2v) is 8.21. The number of ketones is 1. The quantitative estimate of drug-likeness (QED) is 0.110. The predicted molar refractivity (Wildman–Crippen MR) is 137 cm³/mol. The molecule has 174 valence electrons. The van der Waals surface area contributed by atoms with Crippen LogP contribution in [0.4, 0.5) is 0 Å². The van der Waals surface area contributed by atoms with Gasteiger partial charge in [0.05, 0.1) is 12.4 Å². The van der Waals surface area contributed by atoms with Gasteiger partial charge in [0.15, 0.2) is 0 Å². The summed E-state index contributed by atoms with van der Waals surface area (Å²) in [6, 6.07) is 0. The second kappa shape index (κ2) is 24.5. The minimum absolute atomic E-state index is 0.170. The zero-order chi connectivity index (χ0) is 22.8. The van der Waals surface area contributed by atoms with E-state index in [0.717, 1.165) is 57.1 Å². The molecule has 0 fully saturated rings. The number of hydrogen-bond donors (Lipinski definition) is 0. The van der Waals surface area contributed by atoms with Crippen molar-refractivity contribution < 1.29 is 14.3 Å². The maximum absolute atomic E-state index is 11.9. The van der Waals surface area contributed by atoms with E-state index < -0.39 is 0 Å². The normalized spacial score (nSPS) is 12.3. The van der Waals surface area contributed by atoms with E-state index in [4.69, 9.17) is 4.74 Å². The van der Waals surface area contributed by atoms with Crippen LogP contribution in [-0.4, -0.2) is 29.9 Å². The van der Waals surface area contributed by atoms with Crippen LogP contribution in [0.25, 0.3) is 0 Å². The molecule has 4 heteroatoms. The van der Waals surface area contributed by atoms with Gasteiger partial charge in [-0.2, -0.15) is 11.8 Å². The highest BCUT2D eigenvalue weighted by Crippen LogP contribution is 2.08. The van der Waals surface area contributed by atoms with Crippen molar-refractivity contribution in [2.75, 3.05) is 18.1 Å². The molecule has 31 heavy (non-hydrogen) atoms. The van der Waals surface area contributed by atoms with E-state index >= 15 is 0 Å². The van der Waals surface area contributed by atoms with Crippen molar-refractivity contribution in [3.63, 3.8) is 0 Å². The number of carbonyl (C=O) groups is 2. The van der Waals surface area contributed by atoms with Crippen LogP contribution >= 0.6 is 11.8 Å². The summed E-state index contributed by atoms with van der Waals surface area (Å²) in [5.74, 6) is 1.37. The largest absolute Gasteiger partial charge is 0.465 e. The van der Waals surface area contributed by atoms with E-state index in [0.29, 0.717) is 31.0 Å². The number of carbonyl (C=O) groups excluding carboxylic acids is 2. The summed E-state index contributed by atoms with van der Waals surface area (Å²) in [4.78, 5) is 23.0. The molecule has 0 aliphatic heterocycles. The number of thioether (sulfide) groups is 1. The molecule has 0 atom stereocenters. The number of allylic oxidation sites excluding steroid dienone is 10. The first-order chi connectivity index (χ1) is 15.2. The predicted octanol–water partition coefficient (Wildman–Crippen LogP) is 7.55. The highest BCUT2D eigenvalue weighted by Gasteiger charge is 2.03.